The summed E-state index contributed by atoms with van der Waals surface area (Å²) in [5, 5.41) is 9.93. The lowest BCUT2D eigenvalue weighted by Crippen LogP contribution is -2.40. The number of ether oxygens (including phenoxy) is 1. The number of ketones is 1. The third-order valence-corrected chi connectivity index (χ3v) is 4.07. The molecule has 2 unspecified atom stereocenters. The maximum absolute atomic E-state index is 12.4. The van der Waals surface area contributed by atoms with Crippen molar-refractivity contribution in [3.8, 4) is 0 Å². The van der Waals surface area contributed by atoms with Gasteiger partial charge in [-0.05, 0) is 45.4 Å². The minimum atomic E-state index is -0.793. The van der Waals surface area contributed by atoms with Gasteiger partial charge in [0.1, 0.15) is 5.60 Å². The Morgan fingerprint density at radius 3 is 1.90 bits per heavy atom. The van der Waals surface area contributed by atoms with E-state index in [-0.39, 0.29) is 17.1 Å². The van der Waals surface area contributed by atoms with Gasteiger partial charge in [0.15, 0.2) is 5.78 Å². The molecule has 0 aromatic heterocycles. The molecule has 1 N–H and O–H groups in total. The Morgan fingerprint density at radius 2 is 1.52 bits per heavy atom. The highest BCUT2D eigenvalue weighted by atomic mass is 16.5. The van der Waals surface area contributed by atoms with Crippen LogP contribution < -0.4 is 0 Å². The maximum Gasteiger partial charge on any atom is 0.164 e. The Labute approximate surface area is 131 Å². The van der Waals surface area contributed by atoms with Crippen molar-refractivity contribution in [2.45, 2.75) is 86.4 Å². The summed E-state index contributed by atoms with van der Waals surface area (Å²) in [6, 6.07) is 0. The van der Waals surface area contributed by atoms with Gasteiger partial charge in [0, 0.05) is 12.3 Å². The van der Waals surface area contributed by atoms with E-state index in [0.29, 0.717) is 18.9 Å². The van der Waals surface area contributed by atoms with E-state index in [2.05, 4.69) is 27.7 Å². The van der Waals surface area contributed by atoms with E-state index >= 15 is 0 Å². The van der Waals surface area contributed by atoms with Crippen LogP contribution in [0.5, 0.6) is 0 Å². The number of carbonyl (C=O) groups excluding carboxylic acids is 1. The molecule has 3 nitrogen and oxygen atoms in total. The highest BCUT2D eigenvalue weighted by Gasteiger charge is 2.32. The molecule has 0 aliphatic carbocycles. The average Bonchev–Trinajstić information content (AvgIpc) is 2.21. The standard InChI is InChI=1S/C18H36O3/c1-13(11-16(3,4)5)10-15(19)18(8,9)21-12-14(2)17(6,7)20/h13-14,20H,10-12H2,1-9H3. The lowest BCUT2D eigenvalue weighted by atomic mass is 9.82. The molecule has 0 aromatic carbocycles. The van der Waals surface area contributed by atoms with Crippen molar-refractivity contribution in [2.75, 3.05) is 6.61 Å². The Morgan fingerprint density at radius 1 is 1.05 bits per heavy atom. The molecule has 126 valence electrons. The van der Waals surface area contributed by atoms with Gasteiger partial charge in [0.25, 0.3) is 0 Å². The molecule has 3 heteroatoms. The van der Waals surface area contributed by atoms with Crippen LogP contribution in [0.25, 0.3) is 0 Å². The first kappa shape index (κ1) is 20.6. The zero-order valence-corrected chi connectivity index (χ0v) is 15.5. The van der Waals surface area contributed by atoms with Crippen molar-refractivity contribution in [3.05, 3.63) is 0 Å². The zero-order chi connectivity index (χ0) is 17.1. The van der Waals surface area contributed by atoms with Gasteiger partial charge >= 0.3 is 0 Å². The maximum atomic E-state index is 12.4. The van der Waals surface area contributed by atoms with E-state index < -0.39 is 11.2 Å². The molecule has 0 saturated carbocycles. The van der Waals surface area contributed by atoms with Gasteiger partial charge in [-0.3, -0.25) is 4.79 Å². The molecule has 0 radical (unpaired) electrons. The first-order chi connectivity index (χ1) is 9.15. The fraction of sp³-hybridized carbons (Fsp3) is 0.944. The number of aliphatic hydroxyl groups is 1. The van der Waals surface area contributed by atoms with Gasteiger partial charge in [-0.25, -0.2) is 0 Å². The van der Waals surface area contributed by atoms with Crippen molar-refractivity contribution in [3.63, 3.8) is 0 Å². The van der Waals surface area contributed by atoms with Crippen molar-refractivity contribution >= 4 is 5.78 Å². The molecule has 0 aliphatic rings. The van der Waals surface area contributed by atoms with Gasteiger partial charge in [0.2, 0.25) is 0 Å². The van der Waals surface area contributed by atoms with Crippen molar-refractivity contribution in [1.29, 1.82) is 0 Å². The Bertz CT molecular complexity index is 331. The predicted molar refractivity (Wildman–Crippen MR) is 88.4 cm³/mol. The van der Waals surface area contributed by atoms with Crippen LogP contribution in [0.3, 0.4) is 0 Å². The molecule has 0 bridgehead atoms. The summed E-state index contributed by atoms with van der Waals surface area (Å²) >= 11 is 0. The van der Waals surface area contributed by atoms with E-state index in [1.807, 2.05) is 20.8 Å². The quantitative estimate of drug-likeness (QED) is 0.730. The van der Waals surface area contributed by atoms with E-state index in [4.69, 9.17) is 4.74 Å². The Hall–Kier alpha value is -0.410. The van der Waals surface area contributed by atoms with E-state index in [0.717, 1.165) is 6.42 Å². The third kappa shape index (κ3) is 8.57. The lowest BCUT2D eigenvalue weighted by molar-refractivity contribution is -0.146. The SMILES string of the molecule is CC(CC(=O)C(C)(C)OCC(C)C(C)(C)O)CC(C)(C)C. The summed E-state index contributed by atoms with van der Waals surface area (Å²) in [5.74, 6) is 0.478. The van der Waals surface area contributed by atoms with Crippen LogP contribution in [0.2, 0.25) is 0 Å². The van der Waals surface area contributed by atoms with Gasteiger partial charge in [0.05, 0.1) is 12.2 Å². The van der Waals surface area contributed by atoms with E-state index in [1.165, 1.54) is 0 Å². The fourth-order valence-corrected chi connectivity index (χ4v) is 2.30. The molecule has 0 spiro atoms. The van der Waals surface area contributed by atoms with Gasteiger partial charge < -0.3 is 9.84 Å². The number of Topliss-reactive ketones (excluding diaryl/α,β-unsaturated/α-hetero) is 1. The lowest BCUT2D eigenvalue weighted by Gasteiger charge is -2.31. The highest BCUT2D eigenvalue weighted by molar-refractivity contribution is 5.86. The summed E-state index contributed by atoms with van der Waals surface area (Å²) in [5.41, 5.74) is -1.34. The zero-order valence-electron chi connectivity index (χ0n) is 15.5. The van der Waals surface area contributed by atoms with Crippen LogP contribution in [0.4, 0.5) is 0 Å². The number of hydrogen-bond acceptors (Lipinski definition) is 3. The van der Waals surface area contributed by atoms with Gasteiger partial charge in [-0.15, -0.1) is 0 Å². The normalized spacial score (nSPS) is 16.7. The first-order valence-electron chi connectivity index (χ1n) is 8.05. The second kappa shape index (κ2) is 7.23. The minimum absolute atomic E-state index is 0.0171. The Kier molecular flexibility index (Phi) is 7.09. The molecule has 21 heavy (non-hydrogen) atoms. The summed E-state index contributed by atoms with van der Waals surface area (Å²) in [4.78, 5) is 12.4. The highest BCUT2D eigenvalue weighted by Crippen LogP contribution is 2.28. The van der Waals surface area contributed by atoms with Crippen LogP contribution in [0, 0.1) is 17.3 Å². The van der Waals surface area contributed by atoms with Crippen LogP contribution in [-0.2, 0) is 9.53 Å². The molecule has 0 saturated heterocycles. The van der Waals surface area contributed by atoms with Gasteiger partial charge in [-0.2, -0.15) is 0 Å². The largest absolute Gasteiger partial charge is 0.390 e. The predicted octanol–water partition coefficient (Wildman–Crippen LogP) is 4.22. The average molecular weight is 300 g/mol. The second-order valence-corrected chi connectivity index (χ2v) is 8.87. The molecular weight excluding hydrogens is 264 g/mol. The van der Waals surface area contributed by atoms with Crippen LogP contribution in [-0.4, -0.2) is 28.7 Å². The summed E-state index contributed by atoms with van der Waals surface area (Å²) in [7, 11) is 0. The molecule has 0 rings (SSSR count). The van der Waals surface area contributed by atoms with Crippen LogP contribution in [0.1, 0.15) is 75.2 Å². The summed E-state index contributed by atoms with van der Waals surface area (Å²) in [6.07, 6.45) is 1.57. The number of rotatable bonds is 8. The van der Waals surface area contributed by atoms with Crippen LogP contribution in [0.15, 0.2) is 0 Å². The monoisotopic (exact) mass is 300 g/mol. The smallest absolute Gasteiger partial charge is 0.164 e. The van der Waals surface area contributed by atoms with E-state index in [1.54, 1.807) is 13.8 Å². The van der Waals surface area contributed by atoms with Crippen molar-refractivity contribution < 1.29 is 14.6 Å². The van der Waals surface area contributed by atoms with Gasteiger partial charge in [-0.1, -0.05) is 34.6 Å². The molecule has 0 heterocycles. The molecular formula is C18H36O3. The summed E-state index contributed by atoms with van der Waals surface area (Å²) in [6.45, 7) is 18.2. The molecule has 0 aliphatic heterocycles. The molecule has 0 fully saturated rings. The Balaban J connectivity index is 4.46. The number of hydrogen-bond donors (Lipinski definition) is 1. The van der Waals surface area contributed by atoms with Crippen molar-refractivity contribution in [2.24, 2.45) is 17.3 Å². The number of carbonyl (C=O) groups is 1. The third-order valence-electron chi connectivity index (χ3n) is 4.07. The molecule has 2 atom stereocenters. The van der Waals surface area contributed by atoms with Crippen molar-refractivity contribution in [1.82, 2.24) is 0 Å². The van der Waals surface area contributed by atoms with E-state index in [9.17, 15) is 9.90 Å². The van der Waals surface area contributed by atoms with Crippen LogP contribution >= 0.6 is 0 Å². The minimum Gasteiger partial charge on any atom is -0.390 e. The topological polar surface area (TPSA) is 46.5 Å². The fourth-order valence-electron chi connectivity index (χ4n) is 2.30. The summed E-state index contributed by atoms with van der Waals surface area (Å²) < 4.78 is 5.80. The first-order valence-corrected chi connectivity index (χ1v) is 8.05. The molecule has 0 aromatic rings. The second-order valence-electron chi connectivity index (χ2n) is 8.87. The molecule has 0 amide bonds.